The number of alkyl halides is 3. The largest absolute Gasteiger partial charge is 0.416 e. The van der Waals surface area contributed by atoms with E-state index in [9.17, 15) is 18.0 Å². The van der Waals surface area contributed by atoms with Crippen LogP contribution in [0.1, 0.15) is 27.3 Å². The normalized spacial score (nSPS) is 10.9. The van der Waals surface area contributed by atoms with Crippen molar-refractivity contribution in [3.8, 4) is 6.07 Å². The van der Waals surface area contributed by atoms with Gasteiger partial charge in [-0.2, -0.15) is 18.4 Å². The summed E-state index contributed by atoms with van der Waals surface area (Å²) in [4.78, 5) is 20.8. The van der Waals surface area contributed by atoms with Gasteiger partial charge >= 0.3 is 6.18 Å². The van der Waals surface area contributed by atoms with Crippen LogP contribution < -0.4 is 10.6 Å². The van der Waals surface area contributed by atoms with Crippen LogP contribution in [0.5, 0.6) is 0 Å². The summed E-state index contributed by atoms with van der Waals surface area (Å²) in [7, 11) is 0. The molecule has 0 aliphatic carbocycles. The monoisotopic (exact) mass is 397 g/mol. The Balaban J connectivity index is 1.80. The molecule has 1 amide bonds. The van der Waals surface area contributed by atoms with Gasteiger partial charge < -0.3 is 10.6 Å². The second-order valence-electron chi connectivity index (χ2n) is 6.03. The van der Waals surface area contributed by atoms with Crippen LogP contribution in [0.4, 0.5) is 30.5 Å². The molecule has 0 aliphatic heterocycles. The fraction of sp³-hybridized carbons (Fsp3) is 0.100. The SMILES string of the molecule is Cc1cc(C(=O)Nc2ccc(C(F)(F)F)cc2)nc(Nc2ccccc2C#N)n1. The summed E-state index contributed by atoms with van der Waals surface area (Å²) in [6.07, 6.45) is -4.45. The third kappa shape index (κ3) is 4.87. The minimum Gasteiger partial charge on any atom is -0.323 e. The van der Waals surface area contributed by atoms with Gasteiger partial charge in [0.1, 0.15) is 11.8 Å². The summed E-state index contributed by atoms with van der Waals surface area (Å²) in [5.74, 6) is -0.489. The van der Waals surface area contributed by atoms with Crippen molar-refractivity contribution in [1.29, 1.82) is 5.26 Å². The number of nitrogens with one attached hydrogen (secondary N) is 2. The van der Waals surface area contributed by atoms with Crippen molar-refractivity contribution in [3.05, 3.63) is 77.1 Å². The molecule has 0 unspecified atom stereocenters. The Morgan fingerprint density at radius 1 is 1.07 bits per heavy atom. The zero-order chi connectivity index (χ0) is 21.0. The first-order chi connectivity index (χ1) is 13.8. The lowest BCUT2D eigenvalue weighted by atomic mass is 10.2. The molecule has 1 aromatic heterocycles. The summed E-state index contributed by atoms with van der Waals surface area (Å²) in [6, 6.07) is 14.3. The van der Waals surface area contributed by atoms with E-state index in [1.54, 1.807) is 31.2 Å². The van der Waals surface area contributed by atoms with E-state index >= 15 is 0 Å². The Kier molecular flexibility index (Phi) is 5.45. The number of rotatable bonds is 4. The van der Waals surface area contributed by atoms with E-state index < -0.39 is 17.6 Å². The van der Waals surface area contributed by atoms with Crippen LogP contribution in [-0.4, -0.2) is 15.9 Å². The van der Waals surface area contributed by atoms with E-state index in [1.807, 2.05) is 6.07 Å². The van der Waals surface area contributed by atoms with Gasteiger partial charge in [-0.3, -0.25) is 4.79 Å². The van der Waals surface area contributed by atoms with Gasteiger partial charge in [0.2, 0.25) is 5.95 Å². The van der Waals surface area contributed by atoms with Crippen molar-refractivity contribution < 1.29 is 18.0 Å². The van der Waals surface area contributed by atoms with Crippen molar-refractivity contribution in [3.63, 3.8) is 0 Å². The van der Waals surface area contributed by atoms with Crippen LogP contribution in [0.3, 0.4) is 0 Å². The van der Waals surface area contributed by atoms with Gasteiger partial charge in [0, 0.05) is 11.4 Å². The van der Waals surface area contributed by atoms with Crippen molar-refractivity contribution in [1.82, 2.24) is 9.97 Å². The molecule has 0 bridgehead atoms. The molecular formula is C20H14F3N5O. The molecular weight excluding hydrogens is 383 g/mol. The molecule has 2 aromatic carbocycles. The Bertz CT molecular complexity index is 1090. The highest BCUT2D eigenvalue weighted by Crippen LogP contribution is 2.30. The Morgan fingerprint density at radius 3 is 2.41 bits per heavy atom. The number of aromatic nitrogens is 2. The first-order valence-electron chi connectivity index (χ1n) is 8.37. The van der Waals surface area contributed by atoms with Gasteiger partial charge in [0.15, 0.2) is 0 Å². The quantitative estimate of drug-likeness (QED) is 0.668. The standard InChI is InChI=1S/C20H14F3N5O/c1-12-10-17(18(29)26-15-8-6-14(7-9-15)20(21,22)23)28-19(25-12)27-16-5-3-2-4-13(16)11-24/h2-10H,1H3,(H,26,29)(H,25,27,28). The molecule has 6 nitrogen and oxygen atoms in total. The number of para-hydroxylation sites is 1. The number of hydrogen-bond acceptors (Lipinski definition) is 5. The molecule has 0 saturated heterocycles. The van der Waals surface area contributed by atoms with Crippen molar-refractivity contribution in [2.75, 3.05) is 10.6 Å². The van der Waals surface area contributed by atoms with Gasteiger partial charge in [0.25, 0.3) is 5.91 Å². The fourth-order valence-electron chi connectivity index (χ4n) is 2.49. The van der Waals surface area contributed by atoms with Crippen molar-refractivity contribution in [2.24, 2.45) is 0 Å². The molecule has 0 aliphatic rings. The maximum Gasteiger partial charge on any atom is 0.416 e. The minimum atomic E-state index is -4.45. The summed E-state index contributed by atoms with van der Waals surface area (Å²) in [6.45, 7) is 1.66. The van der Waals surface area contributed by atoms with Crippen LogP contribution >= 0.6 is 0 Å². The molecule has 3 rings (SSSR count). The number of carbonyl (C=O) groups excluding carboxylic acids is 1. The Morgan fingerprint density at radius 2 is 1.76 bits per heavy atom. The van der Waals surface area contributed by atoms with E-state index in [0.717, 1.165) is 24.3 Å². The maximum absolute atomic E-state index is 12.6. The van der Waals surface area contributed by atoms with Gasteiger partial charge in [-0.25, -0.2) is 9.97 Å². The minimum absolute atomic E-state index is 0.0225. The molecule has 2 N–H and O–H groups in total. The average Bonchev–Trinajstić information content (AvgIpc) is 2.67. The molecule has 146 valence electrons. The zero-order valence-corrected chi connectivity index (χ0v) is 15.1. The Hall–Kier alpha value is -3.93. The first kappa shape index (κ1) is 19.8. The number of aryl methyl sites for hydroxylation is 1. The average molecular weight is 397 g/mol. The first-order valence-corrected chi connectivity index (χ1v) is 8.37. The van der Waals surface area contributed by atoms with Gasteiger partial charge in [-0.15, -0.1) is 0 Å². The summed E-state index contributed by atoms with van der Waals surface area (Å²) in [5.41, 5.74) is 0.770. The van der Waals surface area contributed by atoms with Gasteiger partial charge in [-0.05, 0) is 49.4 Å². The molecule has 0 saturated carbocycles. The Labute approximate surface area is 164 Å². The van der Waals surface area contributed by atoms with Crippen molar-refractivity contribution in [2.45, 2.75) is 13.1 Å². The number of anilines is 3. The highest BCUT2D eigenvalue weighted by molar-refractivity contribution is 6.03. The molecule has 3 aromatic rings. The topological polar surface area (TPSA) is 90.7 Å². The number of halogens is 3. The van der Waals surface area contributed by atoms with Crippen LogP contribution in [0.2, 0.25) is 0 Å². The predicted molar refractivity (Wildman–Crippen MR) is 101 cm³/mol. The molecule has 0 radical (unpaired) electrons. The number of nitrogens with zero attached hydrogens (tertiary/aromatic N) is 3. The zero-order valence-electron chi connectivity index (χ0n) is 15.1. The third-order valence-electron chi connectivity index (χ3n) is 3.85. The lowest BCUT2D eigenvalue weighted by Crippen LogP contribution is -2.16. The maximum atomic E-state index is 12.6. The molecule has 1 heterocycles. The van der Waals surface area contributed by atoms with Crippen LogP contribution in [0.15, 0.2) is 54.6 Å². The van der Waals surface area contributed by atoms with E-state index in [-0.39, 0.29) is 17.3 Å². The summed E-state index contributed by atoms with van der Waals surface area (Å²) < 4.78 is 37.9. The van der Waals surface area contributed by atoms with Crippen LogP contribution in [0, 0.1) is 18.3 Å². The van der Waals surface area contributed by atoms with Crippen molar-refractivity contribution >= 4 is 23.2 Å². The smallest absolute Gasteiger partial charge is 0.323 e. The van der Waals surface area contributed by atoms with Crippen LogP contribution in [-0.2, 0) is 6.18 Å². The molecule has 9 heteroatoms. The number of hydrogen-bond donors (Lipinski definition) is 2. The molecule has 0 atom stereocenters. The van der Waals surface area contributed by atoms with Crippen LogP contribution in [0.25, 0.3) is 0 Å². The second kappa shape index (κ2) is 7.98. The summed E-state index contributed by atoms with van der Waals surface area (Å²) in [5, 5.41) is 14.6. The van der Waals surface area contributed by atoms with Gasteiger partial charge in [0.05, 0.1) is 16.8 Å². The van der Waals surface area contributed by atoms with E-state index in [1.165, 1.54) is 6.07 Å². The second-order valence-corrected chi connectivity index (χ2v) is 6.03. The highest BCUT2D eigenvalue weighted by atomic mass is 19.4. The summed E-state index contributed by atoms with van der Waals surface area (Å²) >= 11 is 0. The molecule has 0 fully saturated rings. The van der Waals surface area contributed by atoms with E-state index in [2.05, 4.69) is 20.6 Å². The fourth-order valence-corrected chi connectivity index (χ4v) is 2.49. The number of amides is 1. The van der Waals surface area contributed by atoms with E-state index in [4.69, 9.17) is 5.26 Å². The highest BCUT2D eigenvalue weighted by Gasteiger charge is 2.30. The lowest BCUT2D eigenvalue weighted by molar-refractivity contribution is -0.137. The molecule has 0 spiro atoms. The number of benzene rings is 2. The molecule has 29 heavy (non-hydrogen) atoms. The predicted octanol–water partition coefficient (Wildman–Crippen LogP) is 4.67. The third-order valence-corrected chi connectivity index (χ3v) is 3.85. The van der Waals surface area contributed by atoms with E-state index in [0.29, 0.717) is 16.9 Å². The van der Waals surface area contributed by atoms with Gasteiger partial charge in [-0.1, -0.05) is 12.1 Å². The lowest BCUT2D eigenvalue weighted by Gasteiger charge is -2.11. The number of carbonyl (C=O) groups is 1. The number of nitriles is 1.